The summed E-state index contributed by atoms with van der Waals surface area (Å²) < 4.78 is 5.67. The van der Waals surface area contributed by atoms with E-state index in [9.17, 15) is 24.0 Å². The Morgan fingerprint density at radius 2 is 1.45 bits per heavy atom. The summed E-state index contributed by atoms with van der Waals surface area (Å²) in [6, 6.07) is 7.22. The Bertz CT molecular complexity index is 1050. The molecule has 1 aromatic rings. The van der Waals surface area contributed by atoms with Crippen LogP contribution in [-0.4, -0.2) is 84.8 Å². The van der Waals surface area contributed by atoms with Crippen LogP contribution in [0.3, 0.4) is 0 Å². The van der Waals surface area contributed by atoms with Crippen molar-refractivity contribution < 1.29 is 38.7 Å². The van der Waals surface area contributed by atoms with Gasteiger partial charge in [0.15, 0.2) is 0 Å². The third-order valence-corrected chi connectivity index (χ3v) is 5.72. The number of unbranched alkanes of at least 4 members (excludes halogenated alkanes) is 2. The van der Waals surface area contributed by atoms with E-state index in [1.54, 1.807) is 19.1 Å². The van der Waals surface area contributed by atoms with Gasteiger partial charge in [-0.2, -0.15) is 0 Å². The van der Waals surface area contributed by atoms with E-state index in [4.69, 9.17) is 14.7 Å². The first-order valence-corrected chi connectivity index (χ1v) is 13.2. The topological polar surface area (TPSA) is 176 Å². The van der Waals surface area contributed by atoms with E-state index >= 15 is 0 Å². The van der Waals surface area contributed by atoms with E-state index in [0.717, 1.165) is 12.0 Å². The maximum atomic E-state index is 12.0. The zero-order chi connectivity index (χ0) is 29.2. The van der Waals surface area contributed by atoms with Gasteiger partial charge in [-0.3, -0.25) is 24.1 Å². The molecule has 0 radical (unpaired) electrons. The number of hydrogen-bond acceptors (Lipinski definition) is 8. The molecule has 0 bridgehead atoms. The number of nitrogens with one attached hydrogen (secondary N) is 3. The molecule has 0 saturated heterocycles. The molecule has 0 aromatic heterocycles. The maximum absolute atomic E-state index is 12.0. The van der Waals surface area contributed by atoms with Gasteiger partial charge in [0.25, 0.3) is 11.8 Å². The van der Waals surface area contributed by atoms with E-state index in [2.05, 4.69) is 21.1 Å². The largest absolute Gasteiger partial charge is 0.494 e. The molecule has 5 amide bonds. The van der Waals surface area contributed by atoms with Crippen LogP contribution in [0.25, 0.3) is 0 Å². The quantitative estimate of drug-likeness (QED) is 0.0855. The van der Waals surface area contributed by atoms with Crippen LogP contribution >= 0.6 is 0 Å². The fourth-order valence-corrected chi connectivity index (χ4v) is 3.58. The van der Waals surface area contributed by atoms with E-state index in [1.165, 1.54) is 17.1 Å². The van der Waals surface area contributed by atoms with Crippen molar-refractivity contribution in [1.82, 2.24) is 20.9 Å². The van der Waals surface area contributed by atoms with Crippen LogP contribution in [-0.2, 0) is 24.0 Å². The molecule has 218 valence electrons. The molecular formula is C27H37N5O8. The van der Waals surface area contributed by atoms with Crippen molar-refractivity contribution in [3.63, 3.8) is 0 Å². The van der Waals surface area contributed by atoms with Crippen molar-refractivity contribution in [2.24, 2.45) is 5.16 Å². The van der Waals surface area contributed by atoms with Gasteiger partial charge < -0.3 is 30.6 Å². The molecule has 1 aliphatic heterocycles. The lowest BCUT2D eigenvalue weighted by Gasteiger charge is -2.13. The van der Waals surface area contributed by atoms with Gasteiger partial charge in [0, 0.05) is 44.6 Å². The monoisotopic (exact) mass is 559 g/mol. The lowest BCUT2D eigenvalue weighted by Crippen LogP contribution is -2.34. The lowest BCUT2D eigenvalue weighted by atomic mass is 10.1. The number of amides is 5. The first-order chi connectivity index (χ1) is 19.3. The highest BCUT2D eigenvalue weighted by Gasteiger charge is 2.22. The number of imide groups is 1. The third-order valence-electron chi connectivity index (χ3n) is 5.72. The predicted octanol–water partition coefficient (Wildman–Crippen LogP) is 1.57. The van der Waals surface area contributed by atoms with E-state index in [1.807, 2.05) is 12.1 Å². The summed E-state index contributed by atoms with van der Waals surface area (Å²) >= 11 is 0. The number of ether oxygens (including phenoxy) is 1. The van der Waals surface area contributed by atoms with Crippen molar-refractivity contribution in [3.05, 3.63) is 42.0 Å². The van der Waals surface area contributed by atoms with Crippen LogP contribution in [0.4, 0.5) is 4.79 Å². The van der Waals surface area contributed by atoms with Gasteiger partial charge in [-0.1, -0.05) is 11.6 Å². The molecule has 0 spiro atoms. The van der Waals surface area contributed by atoms with Crippen LogP contribution < -0.4 is 20.7 Å². The second kappa shape index (κ2) is 18.0. The summed E-state index contributed by atoms with van der Waals surface area (Å²) in [5, 5.41) is 20.1. The number of carbonyl (C=O) groups is 5. The van der Waals surface area contributed by atoms with Gasteiger partial charge in [0.05, 0.1) is 18.9 Å². The summed E-state index contributed by atoms with van der Waals surface area (Å²) in [6.45, 7) is 3.44. The van der Waals surface area contributed by atoms with Crippen molar-refractivity contribution in [1.29, 1.82) is 0 Å². The minimum atomic E-state index is -1.12. The zero-order valence-electron chi connectivity index (χ0n) is 22.6. The number of benzene rings is 1. The molecule has 13 heteroatoms. The highest BCUT2D eigenvalue weighted by Crippen LogP contribution is 2.13. The molecule has 0 aliphatic carbocycles. The average molecular weight is 560 g/mol. The molecule has 1 heterocycles. The van der Waals surface area contributed by atoms with Gasteiger partial charge >= 0.3 is 6.09 Å². The molecule has 0 saturated carbocycles. The average Bonchev–Trinajstić information content (AvgIpc) is 3.25. The zero-order valence-corrected chi connectivity index (χ0v) is 22.6. The number of rotatable bonds is 19. The highest BCUT2D eigenvalue weighted by atomic mass is 16.6. The first-order valence-electron chi connectivity index (χ1n) is 13.2. The lowest BCUT2D eigenvalue weighted by molar-refractivity contribution is -0.137. The Morgan fingerprint density at radius 1 is 0.825 bits per heavy atom. The molecule has 0 atom stereocenters. The Kier molecular flexibility index (Phi) is 14.3. The normalized spacial score (nSPS) is 12.8. The van der Waals surface area contributed by atoms with Gasteiger partial charge in [-0.05, 0) is 56.0 Å². The molecule has 0 fully saturated rings. The Hall–Kier alpha value is -4.42. The summed E-state index contributed by atoms with van der Waals surface area (Å²) in [6.07, 6.45) is 4.61. The smallest absolute Gasteiger partial charge is 0.404 e. The van der Waals surface area contributed by atoms with Gasteiger partial charge in [0.2, 0.25) is 11.8 Å². The number of carbonyl (C=O) groups excluding carboxylic acids is 4. The fourth-order valence-electron chi connectivity index (χ4n) is 3.58. The second-order valence-electron chi connectivity index (χ2n) is 8.89. The summed E-state index contributed by atoms with van der Waals surface area (Å²) in [4.78, 5) is 63.5. The highest BCUT2D eigenvalue weighted by molar-refractivity contribution is 6.12. The van der Waals surface area contributed by atoms with Crippen LogP contribution in [0, 0.1) is 0 Å². The van der Waals surface area contributed by atoms with Crippen LogP contribution in [0.1, 0.15) is 51.0 Å². The number of hydrogen-bond donors (Lipinski definition) is 4. The second-order valence-corrected chi connectivity index (χ2v) is 8.89. The molecule has 2 rings (SSSR count). The van der Waals surface area contributed by atoms with Crippen LogP contribution in [0.15, 0.2) is 41.6 Å². The van der Waals surface area contributed by atoms with E-state index in [-0.39, 0.29) is 36.8 Å². The predicted molar refractivity (Wildman–Crippen MR) is 146 cm³/mol. The Labute approximate surface area is 232 Å². The van der Waals surface area contributed by atoms with Crippen molar-refractivity contribution >= 4 is 35.4 Å². The van der Waals surface area contributed by atoms with Gasteiger partial charge in [-0.15, -0.1) is 0 Å². The maximum Gasteiger partial charge on any atom is 0.404 e. The van der Waals surface area contributed by atoms with E-state index < -0.39 is 6.09 Å². The minimum absolute atomic E-state index is 0.106. The first kappa shape index (κ1) is 31.8. The van der Waals surface area contributed by atoms with Crippen LogP contribution in [0.5, 0.6) is 5.75 Å². The molecule has 0 unspecified atom stereocenters. The SMILES string of the molecule is CC(=NOCCNC(=O)O)c1ccc(OCCCC(=O)NCCNC(=O)CCCCCN2C(=O)C=CC2=O)cc1. The number of oxime groups is 1. The number of nitrogens with zero attached hydrogens (tertiary/aromatic N) is 2. The van der Waals surface area contributed by atoms with Crippen molar-refractivity contribution in [2.45, 2.75) is 45.4 Å². The van der Waals surface area contributed by atoms with Gasteiger partial charge in [0.1, 0.15) is 12.4 Å². The summed E-state index contributed by atoms with van der Waals surface area (Å²) in [5.41, 5.74) is 1.47. The van der Waals surface area contributed by atoms with Crippen molar-refractivity contribution in [2.75, 3.05) is 39.4 Å². The molecule has 1 aromatic carbocycles. The molecule has 40 heavy (non-hydrogen) atoms. The Morgan fingerprint density at radius 3 is 2.08 bits per heavy atom. The van der Waals surface area contributed by atoms with Crippen molar-refractivity contribution in [3.8, 4) is 5.75 Å². The number of carboxylic acid groups (broad SMARTS) is 1. The fraction of sp³-hybridized carbons (Fsp3) is 0.481. The van der Waals surface area contributed by atoms with Gasteiger partial charge in [-0.25, -0.2) is 4.79 Å². The van der Waals surface area contributed by atoms with E-state index in [0.29, 0.717) is 69.8 Å². The molecular weight excluding hydrogens is 522 g/mol. The molecule has 13 nitrogen and oxygen atoms in total. The summed E-state index contributed by atoms with van der Waals surface area (Å²) in [7, 11) is 0. The minimum Gasteiger partial charge on any atom is -0.494 e. The summed E-state index contributed by atoms with van der Waals surface area (Å²) in [5.74, 6) is -0.162. The third kappa shape index (κ3) is 12.9. The molecule has 4 N–H and O–H groups in total. The molecule has 1 aliphatic rings. The Balaban J connectivity index is 1.46. The standard InChI is InChI=1S/C27H37N5O8/c1-20(31-40-19-16-30-27(37)38)21-8-10-22(11-9-21)39-18-5-7-24(34)29-15-14-28-23(33)6-3-2-4-17-32-25(35)12-13-26(32)36/h8-13,30H,2-7,14-19H2,1H3,(H,28,33)(H,29,34)(H,37,38). The van der Waals surface area contributed by atoms with Crippen LogP contribution in [0.2, 0.25) is 0 Å².